The predicted octanol–water partition coefficient (Wildman–Crippen LogP) is 1.19. The van der Waals surface area contributed by atoms with Crippen LogP contribution in [0.4, 0.5) is 0 Å². The number of hydrogen-bond acceptors (Lipinski definition) is 3. The summed E-state index contributed by atoms with van der Waals surface area (Å²) in [5.41, 5.74) is 5.69. The Balaban J connectivity index is 2.97. The molecule has 1 rings (SSSR count). The van der Waals surface area contributed by atoms with Crippen molar-refractivity contribution in [1.82, 2.24) is 0 Å². The number of aliphatic hydroxyl groups excluding tert-OH is 1. The van der Waals surface area contributed by atoms with Gasteiger partial charge in [0.1, 0.15) is 5.75 Å². The van der Waals surface area contributed by atoms with E-state index in [-0.39, 0.29) is 6.61 Å². The van der Waals surface area contributed by atoms with Gasteiger partial charge in [-0.2, -0.15) is 0 Å². The molecule has 0 saturated heterocycles. The highest BCUT2D eigenvalue weighted by atomic mass is 79.9. The van der Waals surface area contributed by atoms with Gasteiger partial charge in [0.15, 0.2) is 6.10 Å². The van der Waals surface area contributed by atoms with Crippen molar-refractivity contribution in [2.45, 2.75) is 19.6 Å². The van der Waals surface area contributed by atoms with Crippen molar-refractivity contribution < 1.29 is 14.6 Å². The van der Waals surface area contributed by atoms with Crippen LogP contribution in [0.1, 0.15) is 12.5 Å². The number of primary amides is 1. The second-order valence-corrected chi connectivity index (χ2v) is 3.90. The lowest BCUT2D eigenvalue weighted by atomic mass is 10.2. The summed E-state index contributed by atoms with van der Waals surface area (Å²) in [5.74, 6) is -0.0963. The molecule has 0 aromatic heterocycles. The lowest BCUT2D eigenvalue weighted by molar-refractivity contribution is -0.124. The highest BCUT2D eigenvalue weighted by Crippen LogP contribution is 2.29. The Kier molecular flexibility index (Phi) is 4.11. The van der Waals surface area contributed by atoms with Gasteiger partial charge in [0.25, 0.3) is 5.91 Å². The SMILES string of the molecule is CC(Oc1c(Br)cccc1CO)C(N)=O. The third-order valence-electron chi connectivity index (χ3n) is 1.91. The molecule has 1 atom stereocenters. The molecule has 1 unspecified atom stereocenters. The molecule has 0 spiro atoms. The molecule has 0 radical (unpaired) electrons. The van der Waals surface area contributed by atoms with E-state index in [0.717, 1.165) is 0 Å². The second-order valence-electron chi connectivity index (χ2n) is 3.05. The fourth-order valence-corrected chi connectivity index (χ4v) is 1.55. The normalized spacial score (nSPS) is 12.2. The molecule has 3 N–H and O–H groups in total. The maximum Gasteiger partial charge on any atom is 0.258 e. The molecule has 4 nitrogen and oxygen atoms in total. The quantitative estimate of drug-likeness (QED) is 0.866. The maximum atomic E-state index is 10.8. The van der Waals surface area contributed by atoms with E-state index in [1.165, 1.54) is 0 Å². The second kappa shape index (κ2) is 5.14. The molecular weight excluding hydrogens is 262 g/mol. The number of hydrogen-bond donors (Lipinski definition) is 2. The Labute approximate surface area is 96.2 Å². The number of nitrogens with two attached hydrogens (primary N) is 1. The van der Waals surface area contributed by atoms with E-state index in [1.54, 1.807) is 25.1 Å². The van der Waals surface area contributed by atoms with E-state index in [9.17, 15) is 4.79 Å². The molecule has 0 fully saturated rings. The molecule has 0 saturated carbocycles. The van der Waals surface area contributed by atoms with Crippen LogP contribution >= 0.6 is 15.9 Å². The maximum absolute atomic E-state index is 10.8. The van der Waals surface area contributed by atoms with E-state index < -0.39 is 12.0 Å². The Hall–Kier alpha value is -1.07. The van der Waals surface area contributed by atoms with E-state index in [2.05, 4.69) is 15.9 Å². The molecule has 82 valence electrons. The number of amides is 1. The third-order valence-corrected chi connectivity index (χ3v) is 2.54. The van der Waals surface area contributed by atoms with Gasteiger partial charge >= 0.3 is 0 Å². The number of carbonyl (C=O) groups is 1. The molecule has 0 bridgehead atoms. The van der Waals surface area contributed by atoms with Gasteiger partial charge in [0, 0.05) is 5.56 Å². The standard InChI is InChI=1S/C10H12BrNO3/c1-6(10(12)14)15-9-7(5-13)3-2-4-8(9)11/h2-4,6,13H,5H2,1H3,(H2,12,14). The van der Waals surface area contributed by atoms with Crippen LogP contribution in [0.15, 0.2) is 22.7 Å². The topological polar surface area (TPSA) is 72.6 Å². The van der Waals surface area contributed by atoms with Gasteiger partial charge in [-0.15, -0.1) is 0 Å². The van der Waals surface area contributed by atoms with E-state index in [4.69, 9.17) is 15.6 Å². The van der Waals surface area contributed by atoms with Crippen molar-refractivity contribution in [2.24, 2.45) is 5.73 Å². The van der Waals surface area contributed by atoms with Crippen LogP contribution < -0.4 is 10.5 Å². The summed E-state index contributed by atoms with van der Waals surface area (Å²) >= 11 is 3.28. The summed E-state index contributed by atoms with van der Waals surface area (Å²) in [4.78, 5) is 10.8. The monoisotopic (exact) mass is 273 g/mol. The Morgan fingerprint density at radius 2 is 2.33 bits per heavy atom. The van der Waals surface area contributed by atoms with Gasteiger partial charge in [-0.05, 0) is 28.9 Å². The first kappa shape index (κ1) is 12.0. The van der Waals surface area contributed by atoms with Crippen LogP contribution in [0.25, 0.3) is 0 Å². The minimum atomic E-state index is -0.728. The van der Waals surface area contributed by atoms with Gasteiger partial charge in [-0.1, -0.05) is 12.1 Å². The number of para-hydroxylation sites is 1. The first-order chi connectivity index (χ1) is 7.06. The number of aliphatic hydroxyl groups is 1. The lowest BCUT2D eigenvalue weighted by Gasteiger charge is -2.15. The molecule has 0 aliphatic heterocycles. The van der Waals surface area contributed by atoms with Crippen molar-refractivity contribution in [3.8, 4) is 5.75 Å². The van der Waals surface area contributed by atoms with E-state index >= 15 is 0 Å². The Morgan fingerprint density at radius 1 is 1.67 bits per heavy atom. The Morgan fingerprint density at radius 3 is 2.87 bits per heavy atom. The summed E-state index contributed by atoms with van der Waals surface area (Å²) < 4.78 is 6.03. The van der Waals surface area contributed by atoms with Crippen molar-refractivity contribution in [1.29, 1.82) is 0 Å². The Bertz CT molecular complexity index is 368. The number of halogens is 1. The summed E-state index contributed by atoms with van der Waals surface area (Å²) in [5, 5.41) is 9.08. The highest BCUT2D eigenvalue weighted by Gasteiger charge is 2.14. The zero-order chi connectivity index (χ0) is 11.4. The van der Waals surface area contributed by atoms with Crippen molar-refractivity contribution in [3.63, 3.8) is 0 Å². The van der Waals surface area contributed by atoms with Gasteiger partial charge in [0.2, 0.25) is 0 Å². The first-order valence-corrected chi connectivity index (χ1v) is 5.19. The average molecular weight is 274 g/mol. The fraction of sp³-hybridized carbons (Fsp3) is 0.300. The molecule has 1 aromatic rings. The molecule has 0 aliphatic carbocycles. The molecule has 1 aromatic carbocycles. The van der Waals surface area contributed by atoms with Crippen LogP contribution in [-0.2, 0) is 11.4 Å². The van der Waals surface area contributed by atoms with Gasteiger partial charge in [-0.3, -0.25) is 4.79 Å². The number of benzene rings is 1. The van der Waals surface area contributed by atoms with Crippen LogP contribution in [0.3, 0.4) is 0 Å². The lowest BCUT2D eigenvalue weighted by Crippen LogP contribution is -2.31. The molecule has 15 heavy (non-hydrogen) atoms. The predicted molar refractivity (Wildman–Crippen MR) is 59.3 cm³/mol. The summed E-state index contributed by atoms with van der Waals surface area (Å²) in [7, 11) is 0. The zero-order valence-corrected chi connectivity index (χ0v) is 9.82. The van der Waals surface area contributed by atoms with Crippen LogP contribution in [0, 0.1) is 0 Å². The first-order valence-electron chi connectivity index (χ1n) is 4.40. The highest BCUT2D eigenvalue weighted by molar-refractivity contribution is 9.10. The van der Waals surface area contributed by atoms with E-state index in [0.29, 0.717) is 15.8 Å². The van der Waals surface area contributed by atoms with Crippen molar-refractivity contribution >= 4 is 21.8 Å². The van der Waals surface area contributed by atoms with E-state index in [1.807, 2.05) is 0 Å². The van der Waals surface area contributed by atoms with Crippen LogP contribution in [0.5, 0.6) is 5.75 Å². The fourth-order valence-electron chi connectivity index (χ4n) is 1.04. The van der Waals surface area contributed by atoms with Crippen LogP contribution in [0.2, 0.25) is 0 Å². The number of carbonyl (C=O) groups excluding carboxylic acids is 1. The van der Waals surface area contributed by atoms with Crippen molar-refractivity contribution in [3.05, 3.63) is 28.2 Å². The summed E-state index contributed by atoms with van der Waals surface area (Å²) in [6.07, 6.45) is -0.728. The summed E-state index contributed by atoms with van der Waals surface area (Å²) in [6.45, 7) is 1.41. The van der Waals surface area contributed by atoms with Gasteiger partial charge < -0.3 is 15.6 Å². The zero-order valence-electron chi connectivity index (χ0n) is 8.24. The largest absolute Gasteiger partial charge is 0.479 e. The van der Waals surface area contributed by atoms with Crippen LogP contribution in [-0.4, -0.2) is 17.1 Å². The molecule has 0 aliphatic rings. The van der Waals surface area contributed by atoms with Gasteiger partial charge in [0.05, 0.1) is 11.1 Å². The minimum Gasteiger partial charge on any atom is -0.479 e. The minimum absolute atomic E-state index is 0.153. The molecule has 1 amide bonds. The third kappa shape index (κ3) is 2.94. The summed E-state index contributed by atoms with van der Waals surface area (Å²) in [6, 6.07) is 5.26. The van der Waals surface area contributed by atoms with Crippen molar-refractivity contribution in [2.75, 3.05) is 0 Å². The smallest absolute Gasteiger partial charge is 0.258 e. The average Bonchev–Trinajstić information content (AvgIpc) is 2.20. The molecule has 0 heterocycles. The number of rotatable bonds is 4. The molecular formula is C10H12BrNO3. The number of ether oxygens (including phenoxy) is 1. The van der Waals surface area contributed by atoms with Gasteiger partial charge in [-0.25, -0.2) is 0 Å². The molecule has 5 heteroatoms.